The van der Waals surface area contributed by atoms with E-state index in [1.807, 2.05) is 0 Å². The van der Waals surface area contributed by atoms with Crippen LogP contribution >= 0.6 is 11.6 Å². The Morgan fingerprint density at radius 2 is 2.40 bits per heavy atom. The highest BCUT2D eigenvalue weighted by Gasteiger charge is 2.21. The monoisotopic (exact) mass is 225 g/mol. The number of halogens is 1. The molecule has 0 bridgehead atoms. The molecule has 0 saturated carbocycles. The first-order valence-corrected chi connectivity index (χ1v) is 5.24. The van der Waals surface area contributed by atoms with E-state index < -0.39 is 0 Å². The summed E-state index contributed by atoms with van der Waals surface area (Å²) in [6, 6.07) is 1.61. The number of furan rings is 1. The standard InChI is InChI=1S/C11H12ClNO2/c1-8-2-5-13(6-3-8)11(14)9-4-7-15-10(9)12/h2,4,7H,3,5-6H2,1H3. The fraction of sp³-hybridized carbons (Fsp3) is 0.364. The van der Waals surface area contributed by atoms with Crippen LogP contribution in [0.25, 0.3) is 0 Å². The Morgan fingerprint density at radius 1 is 1.60 bits per heavy atom. The molecule has 1 aromatic heterocycles. The van der Waals surface area contributed by atoms with E-state index in [-0.39, 0.29) is 11.1 Å². The highest BCUT2D eigenvalue weighted by molar-refractivity contribution is 6.32. The smallest absolute Gasteiger partial charge is 0.259 e. The van der Waals surface area contributed by atoms with E-state index in [2.05, 4.69) is 13.0 Å². The molecule has 1 aliphatic rings. The number of rotatable bonds is 1. The first-order chi connectivity index (χ1) is 7.18. The van der Waals surface area contributed by atoms with Gasteiger partial charge in [0.05, 0.1) is 11.8 Å². The zero-order valence-corrected chi connectivity index (χ0v) is 9.25. The topological polar surface area (TPSA) is 33.5 Å². The molecule has 0 unspecified atom stereocenters. The predicted molar refractivity (Wildman–Crippen MR) is 58.0 cm³/mol. The SMILES string of the molecule is CC1=CCN(C(=O)c2ccoc2Cl)CC1. The molecule has 80 valence electrons. The molecule has 0 spiro atoms. The molecule has 1 aliphatic heterocycles. The Kier molecular flexibility index (Phi) is 2.82. The number of hydrogen-bond acceptors (Lipinski definition) is 2. The van der Waals surface area contributed by atoms with Gasteiger partial charge in [-0.2, -0.15) is 0 Å². The van der Waals surface area contributed by atoms with Crippen LogP contribution in [0.15, 0.2) is 28.4 Å². The Hall–Kier alpha value is -1.22. The van der Waals surface area contributed by atoms with Crippen LogP contribution in [0, 0.1) is 0 Å². The number of carbonyl (C=O) groups is 1. The van der Waals surface area contributed by atoms with Gasteiger partial charge in [0.25, 0.3) is 5.91 Å². The van der Waals surface area contributed by atoms with Crippen molar-refractivity contribution in [3.05, 3.63) is 34.8 Å². The molecule has 0 radical (unpaired) electrons. The van der Waals surface area contributed by atoms with Crippen LogP contribution in [-0.2, 0) is 0 Å². The van der Waals surface area contributed by atoms with Crippen LogP contribution < -0.4 is 0 Å². The van der Waals surface area contributed by atoms with Gasteiger partial charge in [0.15, 0.2) is 0 Å². The molecule has 1 amide bonds. The van der Waals surface area contributed by atoms with Gasteiger partial charge in [-0.05, 0) is 31.0 Å². The van der Waals surface area contributed by atoms with E-state index in [0.717, 1.165) is 13.0 Å². The quantitative estimate of drug-likeness (QED) is 0.689. The third kappa shape index (κ3) is 2.07. The summed E-state index contributed by atoms with van der Waals surface area (Å²) in [5, 5.41) is 0.172. The number of nitrogens with zero attached hydrogens (tertiary/aromatic N) is 1. The summed E-state index contributed by atoms with van der Waals surface area (Å²) in [5.74, 6) is -0.0579. The first-order valence-electron chi connectivity index (χ1n) is 4.86. The summed E-state index contributed by atoms with van der Waals surface area (Å²) < 4.78 is 4.90. The minimum absolute atomic E-state index is 0.0579. The molecule has 2 heterocycles. The van der Waals surface area contributed by atoms with Crippen molar-refractivity contribution in [2.75, 3.05) is 13.1 Å². The van der Waals surface area contributed by atoms with Crippen molar-refractivity contribution in [3.63, 3.8) is 0 Å². The van der Waals surface area contributed by atoms with E-state index >= 15 is 0 Å². The van der Waals surface area contributed by atoms with Crippen molar-refractivity contribution in [2.45, 2.75) is 13.3 Å². The van der Waals surface area contributed by atoms with Crippen molar-refractivity contribution in [1.82, 2.24) is 4.90 Å². The minimum atomic E-state index is -0.0579. The highest BCUT2D eigenvalue weighted by atomic mass is 35.5. The average molecular weight is 226 g/mol. The number of amides is 1. The van der Waals surface area contributed by atoms with Gasteiger partial charge in [-0.25, -0.2) is 0 Å². The lowest BCUT2D eigenvalue weighted by Gasteiger charge is -2.24. The molecular weight excluding hydrogens is 214 g/mol. The number of carbonyl (C=O) groups excluding carboxylic acids is 1. The minimum Gasteiger partial charge on any atom is -0.452 e. The summed E-state index contributed by atoms with van der Waals surface area (Å²) >= 11 is 5.75. The van der Waals surface area contributed by atoms with Crippen molar-refractivity contribution < 1.29 is 9.21 Å². The van der Waals surface area contributed by atoms with Gasteiger partial charge in [-0.1, -0.05) is 11.6 Å². The molecule has 0 saturated heterocycles. The summed E-state index contributed by atoms with van der Waals surface area (Å²) in [6.45, 7) is 3.49. The summed E-state index contributed by atoms with van der Waals surface area (Å²) in [4.78, 5) is 13.7. The normalized spacial score (nSPS) is 16.4. The van der Waals surface area contributed by atoms with E-state index in [4.69, 9.17) is 16.0 Å². The van der Waals surface area contributed by atoms with E-state index in [1.54, 1.807) is 11.0 Å². The highest BCUT2D eigenvalue weighted by Crippen LogP contribution is 2.20. The maximum atomic E-state index is 11.9. The van der Waals surface area contributed by atoms with Crippen LogP contribution in [0.3, 0.4) is 0 Å². The van der Waals surface area contributed by atoms with Crippen LogP contribution in [0.2, 0.25) is 5.22 Å². The van der Waals surface area contributed by atoms with Crippen molar-refractivity contribution >= 4 is 17.5 Å². The Morgan fingerprint density at radius 3 is 2.93 bits per heavy atom. The molecule has 0 aliphatic carbocycles. The molecule has 1 aromatic rings. The maximum absolute atomic E-state index is 11.9. The second-order valence-electron chi connectivity index (χ2n) is 3.66. The van der Waals surface area contributed by atoms with Crippen molar-refractivity contribution in [2.24, 2.45) is 0 Å². The molecule has 15 heavy (non-hydrogen) atoms. The zero-order valence-electron chi connectivity index (χ0n) is 8.50. The molecule has 4 heteroatoms. The molecule has 2 rings (SSSR count). The third-order valence-corrected chi connectivity index (χ3v) is 2.86. The largest absolute Gasteiger partial charge is 0.452 e. The van der Waals surface area contributed by atoms with Gasteiger partial charge in [0.2, 0.25) is 5.22 Å². The van der Waals surface area contributed by atoms with Crippen LogP contribution in [0.1, 0.15) is 23.7 Å². The van der Waals surface area contributed by atoms with Gasteiger partial charge in [-0.15, -0.1) is 0 Å². The lowest BCUT2D eigenvalue weighted by molar-refractivity contribution is 0.0768. The van der Waals surface area contributed by atoms with Gasteiger partial charge in [-0.3, -0.25) is 4.79 Å². The Labute approximate surface area is 93.3 Å². The predicted octanol–water partition coefficient (Wildman–Crippen LogP) is 2.73. The Balaban J connectivity index is 2.13. The Bertz CT molecular complexity index is 408. The zero-order chi connectivity index (χ0) is 10.8. The summed E-state index contributed by atoms with van der Waals surface area (Å²) in [7, 11) is 0. The third-order valence-electron chi connectivity index (χ3n) is 2.57. The second kappa shape index (κ2) is 4.11. The van der Waals surface area contributed by atoms with Crippen LogP contribution in [0.5, 0.6) is 0 Å². The molecule has 0 N–H and O–H groups in total. The van der Waals surface area contributed by atoms with Crippen LogP contribution in [0.4, 0.5) is 0 Å². The maximum Gasteiger partial charge on any atom is 0.259 e. The molecular formula is C11H12ClNO2. The fourth-order valence-electron chi connectivity index (χ4n) is 1.57. The van der Waals surface area contributed by atoms with E-state index in [9.17, 15) is 4.79 Å². The van der Waals surface area contributed by atoms with Crippen LogP contribution in [-0.4, -0.2) is 23.9 Å². The van der Waals surface area contributed by atoms with Crippen molar-refractivity contribution in [1.29, 1.82) is 0 Å². The van der Waals surface area contributed by atoms with Gasteiger partial charge in [0.1, 0.15) is 0 Å². The van der Waals surface area contributed by atoms with Crippen molar-refractivity contribution in [3.8, 4) is 0 Å². The van der Waals surface area contributed by atoms with Gasteiger partial charge >= 0.3 is 0 Å². The van der Waals surface area contributed by atoms with E-state index in [0.29, 0.717) is 12.1 Å². The first kappa shape index (κ1) is 10.3. The average Bonchev–Trinajstić information content (AvgIpc) is 2.65. The summed E-state index contributed by atoms with van der Waals surface area (Å²) in [6.07, 6.45) is 4.43. The lowest BCUT2D eigenvalue weighted by atomic mass is 10.1. The van der Waals surface area contributed by atoms with Gasteiger partial charge in [0, 0.05) is 13.1 Å². The fourth-order valence-corrected chi connectivity index (χ4v) is 1.77. The van der Waals surface area contributed by atoms with E-state index in [1.165, 1.54) is 11.8 Å². The second-order valence-corrected chi connectivity index (χ2v) is 4.00. The molecule has 0 atom stereocenters. The molecule has 3 nitrogen and oxygen atoms in total. The van der Waals surface area contributed by atoms with Gasteiger partial charge < -0.3 is 9.32 Å². The molecule has 0 fully saturated rings. The number of hydrogen-bond donors (Lipinski definition) is 0. The summed E-state index contributed by atoms with van der Waals surface area (Å²) in [5.41, 5.74) is 1.78. The molecule has 0 aromatic carbocycles. The lowest BCUT2D eigenvalue weighted by Crippen LogP contribution is -2.34.